The molecule has 0 aliphatic carbocycles. The lowest BCUT2D eigenvalue weighted by Gasteiger charge is -2.28. The number of likely N-dealkylation sites (N-methyl/N-ethyl adjacent to an activating group) is 1. The first kappa shape index (κ1) is 14.6. The Morgan fingerprint density at radius 3 is 2.75 bits per heavy atom. The minimum atomic E-state index is -0.484. The molecule has 1 amide bonds. The Bertz CT molecular complexity index is 548. The molecule has 0 spiro atoms. The maximum absolute atomic E-state index is 12.1. The molecule has 1 aliphatic heterocycles. The molecule has 1 aromatic carbocycles. The molecule has 0 radical (unpaired) electrons. The van der Waals surface area contributed by atoms with Crippen molar-refractivity contribution < 1.29 is 9.72 Å². The summed E-state index contributed by atoms with van der Waals surface area (Å²) in [6, 6.07) is 4.11. The van der Waals surface area contributed by atoms with E-state index in [1.165, 1.54) is 12.1 Å². The van der Waals surface area contributed by atoms with Gasteiger partial charge in [-0.15, -0.1) is 0 Å². The molecule has 0 bridgehead atoms. The molecule has 0 aromatic heterocycles. The molecule has 6 nitrogen and oxygen atoms in total. The molecule has 1 unspecified atom stereocenters. The molecule has 7 heteroatoms. The van der Waals surface area contributed by atoms with Gasteiger partial charge >= 0.3 is 0 Å². The van der Waals surface area contributed by atoms with Crippen molar-refractivity contribution in [2.24, 2.45) is 0 Å². The number of carbonyl (C=O) groups is 1. The summed E-state index contributed by atoms with van der Waals surface area (Å²) < 4.78 is 0. The monoisotopic (exact) mass is 297 g/mol. The number of carbonyl (C=O) groups excluding carboxylic acids is 1. The number of rotatable bonds is 3. The highest BCUT2D eigenvalue weighted by atomic mass is 35.5. The van der Waals surface area contributed by atoms with Crippen LogP contribution in [0.3, 0.4) is 0 Å². The van der Waals surface area contributed by atoms with E-state index in [1.807, 2.05) is 4.90 Å². The highest BCUT2D eigenvalue weighted by Gasteiger charge is 2.33. The van der Waals surface area contributed by atoms with Crippen LogP contribution in [-0.2, 0) is 4.79 Å². The van der Waals surface area contributed by atoms with Crippen LogP contribution in [0.2, 0.25) is 5.02 Å². The lowest BCUT2D eigenvalue weighted by atomic mass is 10.2. The molecule has 1 heterocycles. The van der Waals surface area contributed by atoms with Gasteiger partial charge in [0.2, 0.25) is 5.91 Å². The lowest BCUT2D eigenvalue weighted by Crippen LogP contribution is -2.42. The molecule has 20 heavy (non-hydrogen) atoms. The number of amides is 1. The van der Waals surface area contributed by atoms with Crippen molar-refractivity contribution in [3.05, 3.63) is 33.3 Å². The second kappa shape index (κ2) is 5.66. The number of nitro groups is 1. The topological polar surface area (TPSA) is 66.7 Å². The van der Waals surface area contributed by atoms with Crippen molar-refractivity contribution in [3.8, 4) is 0 Å². The van der Waals surface area contributed by atoms with Gasteiger partial charge in [-0.25, -0.2) is 0 Å². The first-order chi connectivity index (χ1) is 9.41. The van der Waals surface area contributed by atoms with E-state index in [0.717, 1.165) is 19.4 Å². The van der Waals surface area contributed by atoms with Crippen LogP contribution >= 0.6 is 11.6 Å². The van der Waals surface area contributed by atoms with Gasteiger partial charge in [0.05, 0.1) is 15.6 Å². The Labute approximate surface area is 122 Å². The smallest absolute Gasteiger partial charge is 0.271 e. The van der Waals surface area contributed by atoms with Crippen LogP contribution in [0.4, 0.5) is 11.4 Å². The molecule has 108 valence electrons. The maximum Gasteiger partial charge on any atom is 0.271 e. The average Bonchev–Trinajstić information content (AvgIpc) is 2.86. The van der Waals surface area contributed by atoms with Gasteiger partial charge in [-0.2, -0.15) is 0 Å². The van der Waals surface area contributed by atoms with Crippen LogP contribution in [0, 0.1) is 10.1 Å². The Kier molecular flexibility index (Phi) is 4.13. The third-order valence-electron chi connectivity index (χ3n) is 3.43. The van der Waals surface area contributed by atoms with Gasteiger partial charge in [-0.3, -0.25) is 14.9 Å². The molecule has 0 saturated carbocycles. The number of anilines is 1. The quantitative estimate of drug-likeness (QED) is 0.634. The largest absolute Gasteiger partial charge is 0.358 e. The fourth-order valence-corrected chi connectivity index (χ4v) is 2.74. The van der Waals surface area contributed by atoms with E-state index in [9.17, 15) is 14.9 Å². The highest BCUT2D eigenvalue weighted by Crippen LogP contribution is 2.34. The minimum absolute atomic E-state index is 0.0249. The zero-order valence-corrected chi connectivity index (χ0v) is 12.1. The van der Waals surface area contributed by atoms with E-state index in [2.05, 4.69) is 0 Å². The third kappa shape index (κ3) is 2.70. The molecule has 1 aromatic rings. The van der Waals surface area contributed by atoms with Crippen LogP contribution in [0.5, 0.6) is 0 Å². The number of non-ortho nitro benzene ring substituents is 1. The molecule has 2 rings (SSSR count). The van der Waals surface area contributed by atoms with E-state index < -0.39 is 4.92 Å². The van der Waals surface area contributed by atoms with Crippen LogP contribution in [0.25, 0.3) is 0 Å². The number of nitrogens with zero attached hydrogens (tertiary/aromatic N) is 3. The molecular weight excluding hydrogens is 282 g/mol. The minimum Gasteiger partial charge on any atom is -0.358 e. The molecule has 1 atom stereocenters. The van der Waals surface area contributed by atoms with Gasteiger partial charge in [0.1, 0.15) is 6.04 Å². The fourth-order valence-electron chi connectivity index (χ4n) is 2.45. The molecular formula is C13H16ClN3O3. The number of nitro benzene ring substituents is 1. The lowest BCUT2D eigenvalue weighted by molar-refractivity contribution is -0.384. The Balaban J connectivity index is 2.31. The SMILES string of the molecule is CN(C)C(=O)C1CCCN1c1ccc([N+](=O)[O-])cc1Cl. The van der Waals surface area contributed by atoms with Gasteiger partial charge in [-0.05, 0) is 18.9 Å². The first-order valence-corrected chi connectivity index (χ1v) is 6.71. The summed E-state index contributed by atoms with van der Waals surface area (Å²) in [6.45, 7) is 0.724. The number of hydrogen-bond acceptors (Lipinski definition) is 4. The van der Waals surface area contributed by atoms with E-state index in [1.54, 1.807) is 25.1 Å². The molecule has 1 saturated heterocycles. The van der Waals surface area contributed by atoms with E-state index >= 15 is 0 Å². The Morgan fingerprint density at radius 2 is 2.20 bits per heavy atom. The van der Waals surface area contributed by atoms with Gasteiger partial charge in [0, 0.05) is 32.8 Å². The van der Waals surface area contributed by atoms with Crippen molar-refractivity contribution in [3.63, 3.8) is 0 Å². The van der Waals surface area contributed by atoms with Gasteiger partial charge in [-0.1, -0.05) is 11.6 Å². The predicted molar refractivity (Wildman–Crippen MR) is 77.2 cm³/mol. The van der Waals surface area contributed by atoms with Gasteiger partial charge < -0.3 is 9.80 Å². The Hall–Kier alpha value is -1.82. The zero-order valence-electron chi connectivity index (χ0n) is 11.4. The standard InChI is InChI=1S/C13H16ClN3O3/c1-15(2)13(18)12-4-3-7-16(12)11-6-5-9(17(19)20)8-10(11)14/h5-6,8,12H,3-4,7H2,1-2H3. The summed E-state index contributed by atoms with van der Waals surface area (Å²) in [5.74, 6) is 0.0249. The summed E-state index contributed by atoms with van der Waals surface area (Å²) in [5.41, 5.74) is 0.628. The molecule has 0 N–H and O–H groups in total. The highest BCUT2D eigenvalue weighted by molar-refractivity contribution is 6.33. The summed E-state index contributed by atoms with van der Waals surface area (Å²) in [6.07, 6.45) is 1.67. The van der Waals surface area contributed by atoms with Crippen LogP contribution < -0.4 is 4.90 Å². The first-order valence-electron chi connectivity index (χ1n) is 6.33. The van der Waals surface area contributed by atoms with E-state index in [0.29, 0.717) is 10.7 Å². The number of halogens is 1. The van der Waals surface area contributed by atoms with Crippen molar-refractivity contribution in [1.29, 1.82) is 0 Å². The number of hydrogen-bond donors (Lipinski definition) is 0. The number of benzene rings is 1. The van der Waals surface area contributed by atoms with Crippen molar-refractivity contribution in [1.82, 2.24) is 4.90 Å². The van der Waals surface area contributed by atoms with Crippen molar-refractivity contribution >= 4 is 28.9 Å². The summed E-state index contributed by atoms with van der Waals surface area (Å²) in [7, 11) is 3.44. The third-order valence-corrected chi connectivity index (χ3v) is 3.73. The van der Waals surface area contributed by atoms with Gasteiger partial charge in [0.25, 0.3) is 5.69 Å². The van der Waals surface area contributed by atoms with Crippen LogP contribution in [-0.4, -0.2) is 42.4 Å². The van der Waals surface area contributed by atoms with Crippen LogP contribution in [0.1, 0.15) is 12.8 Å². The second-order valence-corrected chi connectivity index (χ2v) is 5.38. The van der Waals surface area contributed by atoms with Gasteiger partial charge in [0.15, 0.2) is 0 Å². The van der Waals surface area contributed by atoms with Crippen LogP contribution in [0.15, 0.2) is 18.2 Å². The predicted octanol–water partition coefficient (Wildman–Crippen LogP) is 2.31. The second-order valence-electron chi connectivity index (χ2n) is 4.98. The summed E-state index contributed by atoms with van der Waals surface area (Å²) >= 11 is 6.13. The maximum atomic E-state index is 12.1. The molecule has 1 aliphatic rings. The normalized spacial score (nSPS) is 18.1. The van der Waals surface area contributed by atoms with Crippen molar-refractivity contribution in [2.45, 2.75) is 18.9 Å². The zero-order chi connectivity index (χ0) is 14.9. The summed E-state index contributed by atoms with van der Waals surface area (Å²) in [4.78, 5) is 25.9. The summed E-state index contributed by atoms with van der Waals surface area (Å²) in [5, 5.41) is 11.0. The van der Waals surface area contributed by atoms with E-state index in [-0.39, 0.29) is 17.6 Å². The van der Waals surface area contributed by atoms with Crippen molar-refractivity contribution in [2.75, 3.05) is 25.5 Å². The Morgan fingerprint density at radius 1 is 1.50 bits per heavy atom. The molecule has 1 fully saturated rings. The fraction of sp³-hybridized carbons (Fsp3) is 0.462. The van der Waals surface area contributed by atoms with E-state index in [4.69, 9.17) is 11.6 Å². The average molecular weight is 298 g/mol.